The van der Waals surface area contributed by atoms with Gasteiger partial charge in [-0.25, -0.2) is 0 Å². The maximum Gasteiger partial charge on any atom is 0.116 e. The van der Waals surface area contributed by atoms with Gasteiger partial charge in [-0.1, -0.05) is 0 Å². The summed E-state index contributed by atoms with van der Waals surface area (Å²) in [6.07, 6.45) is 0.0626. The van der Waals surface area contributed by atoms with Gasteiger partial charge in [-0.15, -0.1) is 16.4 Å². The number of hydrogen-bond donors (Lipinski definition) is 0. The summed E-state index contributed by atoms with van der Waals surface area (Å²) >= 11 is 0. The van der Waals surface area contributed by atoms with Crippen molar-refractivity contribution in [2.24, 2.45) is 0 Å². The molecule has 0 aliphatic carbocycles. The van der Waals surface area contributed by atoms with Crippen LogP contribution in [0.3, 0.4) is 0 Å². The molecular formula is C16H24O2P2. The average molecular weight is 310 g/mol. The van der Waals surface area contributed by atoms with Crippen molar-refractivity contribution in [1.82, 2.24) is 0 Å². The molecule has 2 unspecified atom stereocenters. The van der Waals surface area contributed by atoms with Gasteiger partial charge in [0.05, 0.1) is 0 Å². The summed E-state index contributed by atoms with van der Waals surface area (Å²) in [6.45, 7) is 8.75. The van der Waals surface area contributed by atoms with Crippen LogP contribution in [0, 0.1) is 27.7 Å². The fraction of sp³-hybridized carbons (Fsp3) is 0.500. The van der Waals surface area contributed by atoms with Crippen LogP contribution in [0.1, 0.15) is 45.1 Å². The van der Waals surface area contributed by atoms with Gasteiger partial charge in [-0.2, -0.15) is 0 Å². The van der Waals surface area contributed by atoms with Gasteiger partial charge in [0.1, 0.15) is 12.2 Å². The molecular weight excluding hydrogens is 286 g/mol. The highest BCUT2D eigenvalue weighted by molar-refractivity contribution is 7.31. The third-order valence-corrected chi connectivity index (χ3v) is 7.33. The first kappa shape index (κ1) is 15.9. The molecule has 2 heterocycles. The van der Waals surface area contributed by atoms with Gasteiger partial charge >= 0.3 is 0 Å². The molecule has 2 nitrogen and oxygen atoms in total. The fourth-order valence-electron chi connectivity index (χ4n) is 2.61. The molecule has 0 aromatic carbocycles. The Hall–Kier alpha value is -0.520. The Morgan fingerprint density at radius 2 is 1.10 bits per heavy atom. The molecule has 0 aliphatic rings. The minimum absolute atomic E-state index is 0.0313. The van der Waals surface area contributed by atoms with Crippen molar-refractivity contribution >= 4 is 16.4 Å². The molecule has 0 aliphatic heterocycles. The molecule has 110 valence electrons. The fourth-order valence-corrected chi connectivity index (χ4v) is 5.48. The van der Waals surface area contributed by atoms with E-state index in [2.05, 4.69) is 39.3 Å². The van der Waals surface area contributed by atoms with Gasteiger partial charge < -0.3 is 9.47 Å². The predicted molar refractivity (Wildman–Crippen MR) is 90.3 cm³/mol. The number of rotatable bonds is 5. The second-order valence-electron chi connectivity index (χ2n) is 5.33. The molecule has 4 atom stereocenters. The van der Waals surface area contributed by atoms with Crippen LogP contribution in [0.25, 0.3) is 0 Å². The van der Waals surface area contributed by atoms with Gasteiger partial charge in [-0.05, 0) is 61.5 Å². The van der Waals surface area contributed by atoms with Gasteiger partial charge in [0.2, 0.25) is 0 Å². The van der Waals surface area contributed by atoms with Crippen LogP contribution in [0.15, 0.2) is 11.6 Å². The molecule has 4 heteroatoms. The van der Waals surface area contributed by atoms with Crippen LogP contribution in [0.5, 0.6) is 0 Å². The van der Waals surface area contributed by atoms with Crippen molar-refractivity contribution in [3.05, 3.63) is 44.4 Å². The summed E-state index contributed by atoms with van der Waals surface area (Å²) < 4.78 is 11.7. The van der Waals surface area contributed by atoms with E-state index in [9.17, 15) is 0 Å². The van der Waals surface area contributed by atoms with Crippen LogP contribution >= 0.6 is 16.4 Å². The molecule has 0 fully saturated rings. The van der Waals surface area contributed by atoms with Gasteiger partial charge in [0.25, 0.3) is 0 Å². The molecule has 0 saturated heterocycles. The molecule has 0 saturated carbocycles. The summed E-state index contributed by atoms with van der Waals surface area (Å²) in [5.41, 5.74) is 5.51. The lowest BCUT2D eigenvalue weighted by Gasteiger charge is -2.26. The molecule has 2 rings (SSSR count). The third kappa shape index (κ3) is 2.76. The van der Waals surface area contributed by atoms with Crippen LogP contribution in [-0.4, -0.2) is 14.2 Å². The van der Waals surface area contributed by atoms with Gasteiger partial charge in [0, 0.05) is 24.8 Å². The first-order chi connectivity index (χ1) is 9.51. The molecule has 2 aromatic rings. The SMILES string of the molecule is CO[C@@H](c1[pH]cc(C)c1C)[C@@H](OC)c1[pH]cc(C)c1C. The third-order valence-electron chi connectivity index (χ3n) is 4.23. The summed E-state index contributed by atoms with van der Waals surface area (Å²) in [5, 5.41) is 2.79. The highest BCUT2D eigenvalue weighted by Gasteiger charge is 2.28. The zero-order valence-electron chi connectivity index (χ0n) is 13.1. The van der Waals surface area contributed by atoms with E-state index in [1.165, 1.54) is 32.8 Å². The van der Waals surface area contributed by atoms with Crippen molar-refractivity contribution in [3.63, 3.8) is 0 Å². The van der Waals surface area contributed by atoms with Crippen molar-refractivity contribution < 1.29 is 9.47 Å². The van der Waals surface area contributed by atoms with E-state index < -0.39 is 0 Å². The smallest absolute Gasteiger partial charge is 0.116 e. The van der Waals surface area contributed by atoms with E-state index in [1.807, 2.05) is 0 Å². The number of ether oxygens (including phenoxy) is 2. The van der Waals surface area contributed by atoms with Crippen LogP contribution < -0.4 is 0 Å². The maximum atomic E-state index is 5.84. The summed E-state index contributed by atoms with van der Waals surface area (Å²) in [6, 6.07) is 0. The molecule has 0 spiro atoms. The maximum absolute atomic E-state index is 5.84. The highest BCUT2D eigenvalue weighted by Crippen LogP contribution is 2.45. The standard InChI is InChI=1S/C16H24O2P2/c1-9-7-19-15(11(9)3)13(17-5)14(18-6)16-12(4)10(2)8-20-16/h7-8,13-14,19-20H,1-6H3/t13-,14-/m1/s1. The predicted octanol–water partition coefficient (Wildman–Crippen LogP) is 5.06. The Kier molecular flexibility index (Phi) is 5.15. The summed E-state index contributed by atoms with van der Waals surface area (Å²) in [7, 11) is 5.03. The molecule has 0 N–H and O–H groups in total. The zero-order valence-corrected chi connectivity index (χ0v) is 15.1. The Labute approximate surface area is 125 Å². The topological polar surface area (TPSA) is 18.5 Å². The number of methoxy groups -OCH3 is 2. The number of hydrogen-bond acceptors (Lipinski definition) is 2. The van der Waals surface area contributed by atoms with E-state index in [-0.39, 0.29) is 12.2 Å². The van der Waals surface area contributed by atoms with Crippen molar-refractivity contribution in [2.45, 2.75) is 39.9 Å². The largest absolute Gasteiger partial charge is 0.373 e. The van der Waals surface area contributed by atoms with E-state index in [1.54, 1.807) is 14.2 Å². The quantitative estimate of drug-likeness (QED) is 0.768. The number of aryl methyl sites for hydroxylation is 2. The van der Waals surface area contributed by atoms with Gasteiger partial charge in [0.15, 0.2) is 0 Å². The van der Waals surface area contributed by atoms with E-state index in [4.69, 9.17) is 9.47 Å². The lowest BCUT2D eigenvalue weighted by Crippen LogP contribution is -2.14. The average Bonchev–Trinajstić information content (AvgIpc) is 2.93. The van der Waals surface area contributed by atoms with Crippen molar-refractivity contribution in [3.8, 4) is 0 Å². The second kappa shape index (κ2) is 6.50. The van der Waals surface area contributed by atoms with E-state index >= 15 is 0 Å². The zero-order chi connectivity index (χ0) is 14.9. The Morgan fingerprint density at radius 1 is 0.750 bits per heavy atom. The first-order valence-electron chi connectivity index (χ1n) is 6.85. The summed E-state index contributed by atoms with van der Waals surface area (Å²) in [5.74, 6) is 4.62. The van der Waals surface area contributed by atoms with Gasteiger partial charge in [-0.3, -0.25) is 0 Å². The molecule has 0 amide bonds. The van der Waals surface area contributed by atoms with Crippen LogP contribution in [-0.2, 0) is 9.47 Å². The summed E-state index contributed by atoms with van der Waals surface area (Å²) in [4.78, 5) is 0. The van der Waals surface area contributed by atoms with Crippen LogP contribution in [0.2, 0.25) is 0 Å². The molecule has 2 aromatic heterocycles. The first-order valence-corrected chi connectivity index (χ1v) is 9.01. The normalized spacial score (nSPS) is 15.3. The Balaban J connectivity index is 2.43. The lowest BCUT2D eigenvalue weighted by molar-refractivity contribution is -0.0365. The van der Waals surface area contributed by atoms with Crippen molar-refractivity contribution in [1.29, 1.82) is 0 Å². The molecule has 0 bridgehead atoms. The molecule has 20 heavy (non-hydrogen) atoms. The van der Waals surface area contributed by atoms with E-state index in [0.717, 1.165) is 16.4 Å². The van der Waals surface area contributed by atoms with Crippen LogP contribution in [0.4, 0.5) is 0 Å². The second-order valence-corrected chi connectivity index (χ2v) is 7.57. The minimum Gasteiger partial charge on any atom is -0.373 e. The Bertz CT molecular complexity index is 531. The van der Waals surface area contributed by atoms with Crippen molar-refractivity contribution in [2.75, 3.05) is 14.2 Å². The Morgan fingerprint density at radius 3 is 1.30 bits per heavy atom. The minimum atomic E-state index is 0.0313. The van der Waals surface area contributed by atoms with E-state index in [0.29, 0.717) is 0 Å². The highest BCUT2D eigenvalue weighted by atomic mass is 31.0. The molecule has 0 radical (unpaired) electrons. The lowest BCUT2D eigenvalue weighted by atomic mass is 10.0. The monoisotopic (exact) mass is 310 g/mol.